The van der Waals surface area contributed by atoms with Crippen LogP contribution in [0.3, 0.4) is 0 Å². The summed E-state index contributed by atoms with van der Waals surface area (Å²) >= 11 is 1.28. The third-order valence-electron chi connectivity index (χ3n) is 5.08. The summed E-state index contributed by atoms with van der Waals surface area (Å²) in [7, 11) is -3.05. The van der Waals surface area contributed by atoms with Crippen LogP contribution >= 0.6 is 11.8 Å². The first-order valence-electron chi connectivity index (χ1n) is 9.25. The van der Waals surface area contributed by atoms with Crippen LogP contribution in [0.4, 0.5) is 0 Å². The van der Waals surface area contributed by atoms with Crippen LogP contribution in [0.1, 0.15) is 31.4 Å². The van der Waals surface area contributed by atoms with Gasteiger partial charge in [-0.2, -0.15) is 4.68 Å². The number of aromatic nitrogens is 4. The number of benzene rings is 1. The van der Waals surface area contributed by atoms with Crippen molar-refractivity contribution in [3.8, 4) is 5.69 Å². The van der Waals surface area contributed by atoms with Gasteiger partial charge in [0.25, 0.3) is 0 Å². The van der Waals surface area contributed by atoms with Crippen LogP contribution in [0.25, 0.3) is 5.69 Å². The minimum Gasteiger partial charge on any atom is -0.338 e. The fraction of sp³-hybridized carbons (Fsp3) is 0.556. The van der Waals surface area contributed by atoms with E-state index < -0.39 is 15.1 Å². The van der Waals surface area contributed by atoms with E-state index in [0.717, 1.165) is 11.3 Å². The van der Waals surface area contributed by atoms with Crippen LogP contribution in [0.15, 0.2) is 23.4 Å². The summed E-state index contributed by atoms with van der Waals surface area (Å²) in [4.78, 5) is 14.7. The van der Waals surface area contributed by atoms with Crippen LogP contribution in [0.2, 0.25) is 0 Å². The second-order valence-corrected chi connectivity index (χ2v) is 10.6. The number of hydrogen-bond acceptors (Lipinski definition) is 7. The first kappa shape index (κ1) is 20.8. The molecular formula is C18H25N5O3S2. The fourth-order valence-electron chi connectivity index (χ4n) is 3.33. The van der Waals surface area contributed by atoms with E-state index in [4.69, 9.17) is 0 Å². The van der Waals surface area contributed by atoms with Gasteiger partial charge in [0.15, 0.2) is 9.84 Å². The molecule has 0 radical (unpaired) electrons. The molecule has 2 heterocycles. The highest BCUT2D eigenvalue weighted by Crippen LogP contribution is 2.27. The number of amides is 1. The molecule has 0 bridgehead atoms. The maximum atomic E-state index is 13.0. The highest BCUT2D eigenvalue weighted by atomic mass is 32.2. The molecule has 0 unspecified atom stereocenters. The number of thioether (sulfide) groups is 1. The van der Waals surface area contributed by atoms with Crippen molar-refractivity contribution >= 4 is 27.5 Å². The molecular weight excluding hydrogens is 398 g/mol. The zero-order valence-electron chi connectivity index (χ0n) is 16.5. The maximum absolute atomic E-state index is 13.0. The van der Waals surface area contributed by atoms with Crippen LogP contribution in [0, 0.1) is 13.8 Å². The van der Waals surface area contributed by atoms with Gasteiger partial charge < -0.3 is 4.90 Å². The number of tetrazole rings is 1. The predicted molar refractivity (Wildman–Crippen MR) is 108 cm³/mol. The molecule has 152 valence electrons. The van der Waals surface area contributed by atoms with Crippen molar-refractivity contribution in [3.05, 3.63) is 29.3 Å². The second-order valence-electron chi connectivity index (χ2n) is 7.08. The Balaban J connectivity index is 1.76. The third-order valence-corrected chi connectivity index (χ3v) is 7.85. The Morgan fingerprint density at radius 1 is 1.36 bits per heavy atom. The quantitative estimate of drug-likeness (QED) is 0.653. The van der Waals surface area contributed by atoms with Crippen LogP contribution < -0.4 is 0 Å². The van der Waals surface area contributed by atoms with E-state index >= 15 is 0 Å². The number of nitrogens with zero attached hydrogens (tertiary/aromatic N) is 5. The Morgan fingerprint density at radius 3 is 2.71 bits per heavy atom. The molecule has 0 saturated carbocycles. The smallest absolute Gasteiger partial charge is 0.236 e. The molecule has 1 aromatic carbocycles. The molecule has 3 rings (SSSR count). The van der Waals surface area contributed by atoms with Crippen molar-refractivity contribution in [3.63, 3.8) is 0 Å². The number of hydrogen-bond donors (Lipinski definition) is 0. The average Bonchev–Trinajstić information content (AvgIpc) is 3.24. The lowest BCUT2D eigenvalue weighted by Gasteiger charge is -2.29. The molecule has 28 heavy (non-hydrogen) atoms. The van der Waals surface area contributed by atoms with Gasteiger partial charge in [-0.15, -0.1) is 5.10 Å². The van der Waals surface area contributed by atoms with Crippen molar-refractivity contribution in [2.45, 2.75) is 50.6 Å². The normalized spacial score (nSPS) is 19.5. The Labute approximate surface area is 169 Å². The largest absolute Gasteiger partial charge is 0.338 e. The lowest BCUT2D eigenvalue weighted by atomic mass is 10.1. The van der Waals surface area contributed by atoms with E-state index in [9.17, 15) is 13.2 Å². The summed E-state index contributed by atoms with van der Waals surface area (Å²) in [6.45, 7) is 8.22. The fourth-order valence-corrected chi connectivity index (χ4v) is 5.94. The van der Waals surface area contributed by atoms with Gasteiger partial charge in [-0.3, -0.25) is 4.79 Å². The van der Waals surface area contributed by atoms with E-state index in [2.05, 4.69) is 15.5 Å². The van der Waals surface area contributed by atoms with Gasteiger partial charge in [0, 0.05) is 12.6 Å². The summed E-state index contributed by atoms with van der Waals surface area (Å²) in [5.41, 5.74) is 3.15. The summed E-state index contributed by atoms with van der Waals surface area (Å²) in [5.74, 6) is 0.0995. The number of rotatable bonds is 6. The van der Waals surface area contributed by atoms with Crippen LogP contribution in [-0.2, 0) is 14.6 Å². The van der Waals surface area contributed by atoms with Crippen molar-refractivity contribution in [1.29, 1.82) is 0 Å². The monoisotopic (exact) mass is 423 g/mol. The predicted octanol–water partition coefficient (Wildman–Crippen LogP) is 1.80. The van der Waals surface area contributed by atoms with Crippen molar-refractivity contribution in [2.24, 2.45) is 0 Å². The number of sulfone groups is 1. The van der Waals surface area contributed by atoms with E-state index in [-0.39, 0.29) is 23.5 Å². The molecule has 1 aliphatic rings. The van der Waals surface area contributed by atoms with Crippen molar-refractivity contribution in [1.82, 2.24) is 25.1 Å². The highest BCUT2D eigenvalue weighted by molar-refractivity contribution is 8.00. The highest BCUT2D eigenvalue weighted by Gasteiger charge is 2.35. The Kier molecular flexibility index (Phi) is 6.09. The molecule has 0 N–H and O–H groups in total. The topological polar surface area (TPSA) is 98.1 Å². The number of carbonyl (C=O) groups is 1. The first-order valence-corrected chi connectivity index (χ1v) is 12.0. The first-order chi connectivity index (χ1) is 13.2. The molecule has 8 nitrogen and oxygen atoms in total. The lowest BCUT2D eigenvalue weighted by molar-refractivity contribution is -0.131. The van der Waals surface area contributed by atoms with Gasteiger partial charge >= 0.3 is 0 Å². The summed E-state index contributed by atoms with van der Waals surface area (Å²) in [6, 6.07) is 5.71. The zero-order valence-corrected chi connectivity index (χ0v) is 18.1. The van der Waals surface area contributed by atoms with Gasteiger partial charge in [0.2, 0.25) is 11.1 Å². The van der Waals surface area contributed by atoms with E-state index in [1.165, 1.54) is 17.3 Å². The molecule has 0 aliphatic carbocycles. The molecule has 1 fully saturated rings. The van der Waals surface area contributed by atoms with Crippen LogP contribution in [0.5, 0.6) is 0 Å². The van der Waals surface area contributed by atoms with Gasteiger partial charge in [-0.1, -0.05) is 17.8 Å². The van der Waals surface area contributed by atoms with Gasteiger partial charge in [0.1, 0.15) is 0 Å². The standard InChI is InChI=1S/C18H25N5O3S2/c1-5-22(16-8-9-28(25,26)11-16)17(24)14(4)27-18-19-20-21-23(18)15-7-6-12(2)13(3)10-15/h6-7,10,14,16H,5,8-9,11H2,1-4H3/t14-,16+/m0/s1. The molecule has 1 aliphatic heterocycles. The van der Waals surface area contributed by atoms with E-state index in [1.807, 2.05) is 39.0 Å². The number of aryl methyl sites for hydroxylation is 2. The minimum absolute atomic E-state index is 0.0460. The Morgan fingerprint density at radius 2 is 2.11 bits per heavy atom. The van der Waals surface area contributed by atoms with Gasteiger partial charge in [-0.05, 0) is 67.8 Å². The van der Waals surface area contributed by atoms with Crippen LogP contribution in [-0.4, -0.2) is 68.8 Å². The van der Waals surface area contributed by atoms with Gasteiger partial charge in [-0.25, -0.2) is 8.42 Å². The maximum Gasteiger partial charge on any atom is 0.236 e. The van der Waals surface area contributed by atoms with E-state index in [1.54, 1.807) is 16.5 Å². The lowest BCUT2D eigenvalue weighted by Crippen LogP contribution is -2.44. The molecule has 0 spiro atoms. The third kappa shape index (κ3) is 4.38. The summed E-state index contributed by atoms with van der Waals surface area (Å²) < 4.78 is 25.2. The molecule has 1 saturated heterocycles. The molecule has 2 aromatic rings. The SMILES string of the molecule is CCN(C(=O)[C@H](C)Sc1nnnn1-c1ccc(C)c(C)c1)[C@@H]1CCS(=O)(=O)C1. The number of carbonyl (C=O) groups excluding carboxylic acids is 1. The van der Waals surface area contributed by atoms with E-state index in [0.29, 0.717) is 18.1 Å². The Bertz CT molecular complexity index is 973. The molecule has 1 aromatic heterocycles. The average molecular weight is 424 g/mol. The summed E-state index contributed by atoms with van der Waals surface area (Å²) in [5, 5.41) is 12.0. The zero-order chi connectivity index (χ0) is 20.5. The Hall–Kier alpha value is -1.94. The summed E-state index contributed by atoms with van der Waals surface area (Å²) in [6.07, 6.45) is 0.500. The molecule has 1 amide bonds. The van der Waals surface area contributed by atoms with Crippen molar-refractivity contribution < 1.29 is 13.2 Å². The van der Waals surface area contributed by atoms with Gasteiger partial charge in [0.05, 0.1) is 22.4 Å². The molecule has 2 atom stereocenters. The molecule has 10 heteroatoms. The van der Waals surface area contributed by atoms with Crippen molar-refractivity contribution in [2.75, 3.05) is 18.1 Å². The second kappa shape index (κ2) is 8.20. The minimum atomic E-state index is -3.05.